The van der Waals surface area contributed by atoms with E-state index in [-0.39, 0.29) is 17.5 Å². The van der Waals surface area contributed by atoms with Crippen LogP contribution in [0.3, 0.4) is 0 Å². The number of amides is 1. The molecule has 33 heavy (non-hydrogen) atoms. The van der Waals surface area contributed by atoms with E-state index in [1.54, 1.807) is 12.0 Å². The first kappa shape index (κ1) is 22.5. The second-order valence-corrected chi connectivity index (χ2v) is 8.51. The quantitative estimate of drug-likeness (QED) is 0.612. The highest BCUT2D eigenvalue weighted by Crippen LogP contribution is 2.30. The molecular weight excluding hydrogens is 420 g/mol. The SMILES string of the molecule is COc1ccc(-c2cc(C)nc(C3CCCN(C(=O)c4cc(=O)n(C)c(=O)n4C)C3)c2)cc1. The Morgan fingerprint density at radius 1 is 1.03 bits per heavy atom. The van der Waals surface area contributed by atoms with Crippen LogP contribution >= 0.6 is 0 Å². The summed E-state index contributed by atoms with van der Waals surface area (Å²) in [7, 11) is 4.56. The van der Waals surface area contributed by atoms with Gasteiger partial charge in [0.2, 0.25) is 0 Å². The van der Waals surface area contributed by atoms with Crippen molar-refractivity contribution < 1.29 is 9.53 Å². The number of nitrogens with zero attached hydrogens (tertiary/aromatic N) is 4. The van der Waals surface area contributed by atoms with Gasteiger partial charge in [-0.1, -0.05) is 12.1 Å². The van der Waals surface area contributed by atoms with Crippen molar-refractivity contribution in [2.75, 3.05) is 20.2 Å². The van der Waals surface area contributed by atoms with E-state index in [1.807, 2.05) is 37.3 Å². The molecule has 1 atom stereocenters. The predicted octanol–water partition coefficient (Wildman–Crippen LogP) is 2.48. The van der Waals surface area contributed by atoms with Crippen molar-refractivity contribution in [3.63, 3.8) is 0 Å². The Balaban J connectivity index is 1.61. The summed E-state index contributed by atoms with van der Waals surface area (Å²) in [6.45, 7) is 3.04. The lowest BCUT2D eigenvalue weighted by Crippen LogP contribution is -2.44. The molecule has 3 aromatic rings. The number of methoxy groups -OCH3 is 1. The van der Waals surface area contributed by atoms with Crippen LogP contribution < -0.4 is 16.0 Å². The molecule has 1 aliphatic heterocycles. The first-order chi connectivity index (χ1) is 15.8. The fourth-order valence-corrected chi connectivity index (χ4v) is 4.36. The molecule has 172 valence electrons. The molecule has 1 saturated heterocycles. The maximum absolute atomic E-state index is 13.2. The van der Waals surface area contributed by atoms with E-state index in [9.17, 15) is 14.4 Å². The van der Waals surface area contributed by atoms with Crippen LogP contribution in [0.4, 0.5) is 0 Å². The third-order valence-corrected chi connectivity index (χ3v) is 6.27. The lowest BCUT2D eigenvalue weighted by Gasteiger charge is -2.33. The number of benzene rings is 1. The highest BCUT2D eigenvalue weighted by Gasteiger charge is 2.28. The van der Waals surface area contributed by atoms with Crippen molar-refractivity contribution in [2.45, 2.75) is 25.7 Å². The van der Waals surface area contributed by atoms with Crippen LogP contribution in [0.5, 0.6) is 5.75 Å². The average Bonchev–Trinajstić information content (AvgIpc) is 2.84. The summed E-state index contributed by atoms with van der Waals surface area (Å²) in [5.74, 6) is 0.569. The molecule has 0 N–H and O–H groups in total. The molecule has 1 amide bonds. The van der Waals surface area contributed by atoms with Gasteiger partial charge >= 0.3 is 5.69 Å². The van der Waals surface area contributed by atoms with E-state index >= 15 is 0 Å². The summed E-state index contributed by atoms with van der Waals surface area (Å²) in [4.78, 5) is 44.1. The molecule has 1 aliphatic rings. The Hall–Kier alpha value is -3.68. The molecule has 1 aromatic carbocycles. The van der Waals surface area contributed by atoms with Crippen LogP contribution in [0.15, 0.2) is 52.1 Å². The maximum atomic E-state index is 13.2. The monoisotopic (exact) mass is 448 g/mol. The van der Waals surface area contributed by atoms with Gasteiger partial charge in [0, 0.05) is 50.6 Å². The van der Waals surface area contributed by atoms with Crippen molar-refractivity contribution in [3.8, 4) is 16.9 Å². The predicted molar refractivity (Wildman–Crippen MR) is 126 cm³/mol. The summed E-state index contributed by atoms with van der Waals surface area (Å²) in [5.41, 5.74) is 3.11. The highest BCUT2D eigenvalue weighted by atomic mass is 16.5. The fraction of sp³-hybridized carbons (Fsp3) is 0.360. The van der Waals surface area contributed by atoms with E-state index in [2.05, 4.69) is 6.07 Å². The number of carbonyl (C=O) groups is 1. The molecule has 1 unspecified atom stereocenters. The number of aryl methyl sites for hydroxylation is 1. The number of likely N-dealkylation sites (tertiary alicyclic amines) is 1. The van der Waals surface area contributed by atoms with E-state index in [4.69, 9.17) is 9.72 Å². The van der Waals surface area contributed by atoms with Crippen molar-refractivity contribution in [2.24, 2.45) is 14.1 Å². The van der Waals surface area contributed by atoms with Gasteiger partial charge in [0.25, 0.3) is 11.5 Å². The summed E-state index contributed by atoms with van der Waals surface area (Å²) in [6, 6.07) is 13.3. The van der Waals surface area contributed by atoms with Crippen LogP contribution in [-0.4, -0.2) is 45.1 Å². The summed E-state index contributed by atoms with van der Waals surface area (Å²) in [5, 5.41) is 0. The molecule has 8 nitrogen and oxygen atoms in total. The number of rotatable bonds is 4. The first-order valence-corrected chi connectivity index (χ1v) is 11.0. The van der Waals surface area contributed by atoms with Crippen LogP contribution in [-0.2, 0) is 14.1 Å². The van der Waals surface area contributed by atoms with Crippen molar-refractivity contribution in [1.29, 1.82) is 0 Å². The number of aromatic nitrogens is 3. The highest BCUT2D eigenvalue weighted by molar-refractivity contribution is 5.92. The lowest BCUT2D eigenvalue weighted by atomic mass is 9.92. The number of hydrogen-bond donors (Lipinski definition) is 0. The third kappa shape index (κ3) is 4.46. The second-order valence-electron chi connectivity index (χ2n) is 8.51. The molecule has 8 heteroatoms. The Labute approximate surface area is 192 Å². The largest absolute Gasteiger partial charge is 0.497 e. The van der Waals surface area contributed by atoms with Gasteiger partial charge in [-0.15, -0.1) is 0 Å². The van der Waals surface area contributed by atoms with Crippen molar-refractivity contribution in [3.05, 3.63) is 80.4 Å². The molecule has 4 rings (SSSR count). The van der Waals surface area contributed by atoms with Crippen LogP contribution in [0.2, 0.25) is 0 Å². The molecule has 0 aliphatic carbocycles. The zero-order valence-electron chi connectivity index (χ0n) is 19.4. The Kier molecular flexibility index (Phi) is 6.18. The van der Waals surface area contributed by atoms with Gasteiger partial charge in [-0.2, -0.15) is 0 Å². The summed E-state index contributed by atoms with van der Waals surface area (Å²) < 4.78 is 7.49. The van der Waals surface area contributed by atoms with Gasteiger partial charge in [0.1, 0.15) is 11.4 Å². The Bertz CT molecular complexity index is 1310. The smallest absolute Gasteiger partial charge is 0.331 e. The number of hydrogen-bond acceptors (Lipinski definition) is 5. The summed E-state index contributed by atoms with van der Waals surface area (Å²) >= 11 is 0. The van der Waals surface area contributed by atoms with Gasteiger partial charge in [-0.25, -0.2) is 4.79 Å². The van der Waals surface area contributed by atoms with E-state index in [0.717, 1.165) is 45.7 Å². The third-order valence-electron chi connectivity index (χ3n) is 6.27. The zero-order valence-corrected chi connectivity index (χ0v) is 19.4. The number of ether oxygens (including phenoxy) is 1. The van der Waals surface area contributed by atoms with E-state index in [0.29, 0.717) is 13.1 Å². The number of pyridine rings is 1. The molecule has 0 spiro atoms. The Morgan fingerprint density at radius 2 is 1.76 bits per heavy atom. The lowest BCUT2D eigenvalue weighted by molar-refractivity contribution is 0.0693. The van der Waals surface area contributed by atoms with Gasteiger partial charge in [-0.3, -0.25) is 23.7 Å². The maximum Gasteiger partial charge on any atom is 0.331 e. The van der Waals surface area contributed by atoms with Crippen LogP contribution in [0, 0.1) is 6.92 Å². The van der Waals surface area contributed by atoms with Gasteiger partial charge < -0.3 is 9.64 Å². The Morgan fingerprint density at radius 3 is 2.45 bits per heavy atom. The molecule has 0 radical (unpaired) electrons. The molecule has 3 heterocycles. The van der Waals surface area contributed by atoms with Crippen LogP contribution in [0.25, 0.3) is 11.1 Å². The van der Waals surface area contributed by atoms with Crippen LogP contribution in [0.1, 0.15) is 40.6 Å². The minimum atomic E-state index is -0.510. The van der Waals surface area contributed by atoms with Crippen molar-refractivity contribution in [1.82, 2.24) is 19.0 Å². The molecule has 0 bridgehead atoms. The van der Waals surface area contributed by atoms with Crippen molar-refractivity contribution >= 4 is 5.91 Å². The number of carbonyl (C=O) groups excluding carboxylic acids is 1. The first-order valence-electron chi connectivity index (χ1n) is 11.0. The molecule has 1 fully saturated rings. The van der Waals surface area contributed by atoms with Gasteiger partial charge in [0.15, 0.2) is 0 Å². The molecular formula is C25H28N4O4. The van der Waals surface area contributed by atoms with Gasteiger partial charge in [-0.05, 0) is 55.2 Å². The van der Waals surface area contributed by atoms with E-state index < -0.39 is 11.2 Å². The molecule has 0 saturated carbocycles. The van der Waals surface area contributed by atoms with E-state index in [1.165, 1.54) is 24.7 Å². The zero-order chi connectivity index (χ0) is 23.7. The minimum absolute atomic E-state index is 0.0724. The van der Waals surface area contributed by atoms with Gasteiger partial charge in [0.05, 0.1) is 7.11 Å². The number of piperidine rings is 1. The average molecular weight is 449 g/mol. The minimum Gasteiger partial charge on any atom is -0.497 e. The molecule has 2 aromatic heterocycles. The normalized spacial score (nSPS) is 16.0. The summed E-state index contributed by atoms with van der Waals surface area (Å²) in [6.07, 6.45) is 1.74. The standard InChI is InChI=1S/C25H28N4O4/c1-16-12-19(17-7-9-20(33-4)10-8-17)13-21(26-16)18-6-5-11-29(15-18)24(31)22-14-23(30)28(3)25(32)27(22)2/h7-10,12-14,18H,5-6,11,15H2,1-4H3. The fourth-order valence-electron chi connectivity index (χ4n) is 4.36. The second kappa shape index (κ2) is 9.05. The topological polar surface area (TPSA) is 86.4 Å².